The van der Waals surface area contributed by atoms with Gasteiger partial charge in [0.05, 0.1) is 17.2 Å². The second-order valence-corrected chi connectivity index (χ2v) is 10.1. The maximum atomic E-state index is 13.1. The molecule has 1 unspecified atom stereocenters. The normalized spacial score (nSPS) is 15.2. The summed E-state index contributed by atoms with van der Waals surface area (Å²) in [6.07, 6.45) is 5.62. The number of carbonyl (C=O) groups is 1. The van der Waals surface area contributed by atoms with Crippen LogP contribution in [0.15, 0.2) is 69.0 Å². The molecule has 2 aromatic heterocycles. The Labute approximate surface area is 207 Å². The Morgan fingerprint density at radius 3 is 2.54 bits per heavy atom. The second-order valence-electron chi connectivity index (χ2n) is 8.82. The number of amides is 1. The molecule has 0 spiro atoms. The topological polar surface area (TPSA) is 103 Å². The number of hydrogen-bond acceptors (Lipinski definition) is 7. The standard InChI is InChI=1S/C26H27N5O3S/c1-17(23(32)27-19-12-6-3-7-13-19)35-26-29-28-24(34-26)22-20-14-8-9-15-21(20)25(33)31(30-22)16-18-10-4-2-5-11-18/h2,4-5,8-11,14-15,17,19H,3,6-7,12-13,16H2,1H3,(H,27,32). The third-order valence-electron chi connectivity index (χ3n) is 6.25. The van der Waals surface area contributed by atoms with Crippen LogP contribution in [-0.4, -0.2) is 37.2 Å². The minimum absolute atomic E-state index is 0.0263. The summed E-state index contributed by atoms with van der Waals surface area (Å²) < 4.78 is 7.34. The van der Waals surface area contributed by atoms with Gasteiger partial charge in [0.15, 0.2) is 5.69 Å². The monoisotopic (exact) mass is 489 g/mol. The molecule has 1 atom stereocenters. The molecule has 0 aliphatic heterocycles. The summed E-state index contributed by atoms with van der Waals surface area (Å²) in [5, 5.41) is 17.2. The average Bonchev–Trinajstić information content (AvgIpc) is 3.35. The molecule has 4 aromatic rings. The number of nitrogens with one attached hydrogen (secondary N) is 1. The minimum atomic E-state index is -0.373. The number of thioether (sulfide) groups is 1. The summed E-state index contributed by atoms with van der Waals surface area (Å²) in [4.78, 5) is 25.7. The average molecular weight is 490 g/mol. The van der Waals surface area contributed by atoms with E-state index in [9.17, 15) is 9.59 Å². The third kappa shape index (κ3) is 5.30. The van der Waals surface area contributed by atoms with Crippen LogP contribution in [0.5, 0.6) is 0 Å². The fourth-order valence-corrected chi connectivity index (χ4v) is 5.07. The van der Waals surface area contributed by atoms with E-state index in [1.807, 2.05) is 55.5 Å². The molecule has 1 aliphatic rings. The number of carbonyl (C=O) groups excluding carboxylic acids is 1. The Kier molecular flexibility index (Phi) is 6.94. The van der Waals surface area contributed by atoms with Crippen LogP contribution in [0, 0.1) is 0 Å². The smallest absolute Gasteiger partial charge is 0.277 e. The number of fused-ring (bicyclic) bond motifs is 1. The lowest BCUT2D eigenvalue weighted by Crippen LogP contribution is -2.40. The van der Waals surface area contributed by atoms with Crippen molar-refractivity contribution in [1.29, 1.82) is 0 Å². The SMILES string of the molecule is CC(Sc1nnc(-c2nn(Cc3ccccc3)c(=O)c3ccccc23)o1)C(=O)NC1CCCCC1. The third-order valence-corrected chi connectivity index (χ3v) is 7.18. The van der Waals surface area contributed by atoms with Crippen molar-refractivity contribution in [2.45, 2.75) is 62.1 Å². The zero-order valence-electron chi connectivity index (χ0n) is 19.5. The molecule has 9 heteroatoms. The van der Waals surface area contributed by atoms with Crippen LogP contribution in [0.4, 0.5) is 0 Å². The summed E-state index contributed by atoms with van der Waals surface area (Å²) in [6, 6.07) is 17.2. The summed E-state index contributed by atoms with van der Waals surface area (Å²) in [7, 11) is 0. The highest BCUT2D eigenvalue weighted by Gasteiger charge is 2.23. The van der Waals surface area contributed by atoms with Crippen molar-refractivity contribution >= 4 is 28.4 Å². The molecule has 35 heavy (non-hydrogen) atoms. The molecule has 180 valence electrons. The van der Waals surface area contributed by atoms with Crippen molar-refractivity contribution in [3.63, 3.8) is 0 Å². The van der Waals surface area contributed by atoms with Gasteiger partial charge >= 0.3 is 0 Å². The number of benzene rings is 2. The number of hydrogen-bond donors (Lipinski definition) is 1. The summed E-state index contributed by atoms with van der Waals surface area (Å²) in [6.45, 7) is 2.16. The first-order valence-corrected chi connectivity index (χ1v) is 12.8. The highest BCUT2D eigenvalue weighted by molar-refractivity contribution is 8.00. The van der Waals surface area contributed by atoms with E-state index in [-0.39, 0.29) is 33.9 Å². The van der Waals surface area contributed by atoms with Gasteiger partial charge in [-0.1, -0.05) is 79.6 Å². The molecule has 1 fully saturated rings. The fourth-order valence-electron chi connectivity index (χ4n) is 4.38. The van der Waals surface area contributed by atoms with Crippen LogP contribution in [0.1, 0.15) is 44.6 Å². The van der Waals surface area contributed by atoms with Gasteiger partial charge in [-0.3, -0.25) is 9.59 Å². The highest BCUT2D eigenvalue weighted by atomic mass is 32.2. The van der Waals surface area contributed by atoms with Crippen LogP contribution in [0.25, 0.3) is 22.4 Å². The van der Waals surface area contributed by atoms with Crippen molar-refractivity contribution in [3.8, 4) is 11.6 Å². The van der Waals surface area contributed by atoms with Crippen molar-refractivity contribution in [3.05, 3.63) is 70.5 Å². The molecule has 2 aromatic carbocycles. The predicted molar refractivity (Wildman–Crippen MR) is 135 cm³/mol. The molecule has 1 aliphatic carbocycles. The molecule has 2 heterocycles. The number of aromatic nitrogens is 4. The van der Waals surface area contributed by atoms with E-state index in [0.717, 1.165) is 31.2 Å². The lowest BCUT2D eigenvalue weighted by atomic mass is 9.95. The quantitative estimate of drug-likeness (QED) is 0.383. The second kappa shape index (κ2) is 10.4. The zero-order chi connectivity index (χ0) is 24.2. The first kappa shape index (κ1) is 23.3. The van der Waals surface area contributed by atoms with E-state index < -0.39 is 0 Å². The first-order valence-electron chi connectivity index (χ1n) is 11.9. The van der Waals surface area contributed by atoms with Gasteiger partial charge in [-0.25, -0.2) is 4.68 Å². The van der Waals surface area contributed by atoms with Gasteiger partial charge in [0.2, 0.25) is 5.91 Å². The minimum Gasteiger partial charge on any atom is -0.409 e. The van der Waals surface area contributed by atoms with Gasteiger partial charge in [0.25, 0.3) is 16.7 Å². The van der Waals surface area contributed by atoms with E-state index >= 15 is 0 Å². The largest absolute Gasteiger partial charge is 0.409 e. The summed E-state index contributed by atoms with van der Waals surface area (Å²) in [5.74, 6) is 0.187. The summed E-state index contributed by atoms with van der Waals surface area (Å²) >= 11 is 1.22. The lowest BCUT2D eigenvalue weighted by molar-refractivity contribution is -0.121. The molecule has 1 N–H and O–H groups in total. The van der Waals surface area contributed by atoms with Crippen LogP contribution < -0.4 is 10.9 Å². The van der Waals surface area contributed by atoms with Gasteiger partial charge in [0.1, 0.15) is 0 Å². The fraction of sp³-hybridized carbons (Fsp3) is 0.346. The van der Waals surface area contributed by atoms with Crippen LogP contribution in [0.2, 0.25) is 0 Å². The highest BCUT2D eigenvalue weighted by Crippen LogP contribution is 2.29. The Bertz CT molecular complexity index is 1380. The predicted octanol–water partition coefficient (Wildman–Crippen LogP) is 4.42. The molecule has 0 saturated heterocycles. The van der Waals surface area contributed by atoms with E-state index in [1.165, 1.54) is 22.9 Å². The van der Waals surface area contributed by atoms with Crippen molar-refractivity contribution in [2.75, 3.05) is 0 Å². The van der Waals surface area contributed by atoms with Gasteiger partial charge in [-0.05, 0) is 31.4 Å². The van der Waals surface area contributed by atoms with Gasteiger partial charge < -0.3 is 9.73 Å². The van der Waals surface area contributed by atoms with Crippen LogP contribution in [-0.2, 0) is 11.3 Å². The van der Waals surface area contributed by atoms with E-state index in [2.05, 4.69) is 20.6 Å². The molecule has 8 nitrogen and oxygen atoms in total. The molecule has 0 radical (unpaired) electrons. The maximum Gasteiger partial charge on any atom is 0.277 e. The number of nitrogens with zero attached hydrogens (tertiary/aromatic N) is 4. The summed E-state index contributed by atoms with van der Waals surface area (Å²) in [5.41, 5.74) is 1.22. The lowest BCUT2D eigenvalue weighted by Gasteiger charge is -2.23. The zero-order valence-corrected chi connectivity index (χ0v) is 20.3. The van der Waals surface area contributed by atoms with Crippen molar-refractivity contribution in [1.82, 2.24) is 25.3 Å². The van der Waals surface area contributed by atoms with Crippen LogP contribution in [0.3, 0.4) is 0 Å². The van der Waals surface area contributed by atoms with Crippen molar-refractivity contribution in [2.24, 2.45) is 0 Å². The first-order chi connectivity index (χ1) is 17.1. The molecular formula is C26H27N5O3S. The van der Waals surface area contributed by atoms with E-state index in [0.29, 0.717) is 23.0 Å². The number of rotatable bonds is 7. The Morgan fingerprint density at radius 2 is 1.77 bits per heavy atom. The molecule has 0 bridgehead atoms. The van der Waals surface area contributed by atoms with E-state index in [4.69, 9.17) is 4.42 Å². The van der Waals surface area contributed by atoms with Crippen LogP contribution >= 0.6 is 11.8 Å². The molecular weight excluding hydrogens is 462 g/mol. The van der Waals surface area contributed by atoms with Crippen molar-refractivity contribution < 1.29 is 9.21 Å². The maximum absolute atomic E-state index is 13.1. The Balaban J connectivity index is 1.39. The Hall–Kier alpha value is -3.46. The molecule has 1 amide bonds. The van der Waals surface area contributed by atoms with E-state index in [1.54, 1.807) is 6.07 Å². The van der Waals surface area contributed by atoms with Gasteiger partial charge in [0, 0.05) is 11.4 Å². The molecule has 1 saturated carbocycles. The molecule has 5 rings (SSSR count). The van der Waals surface area contributed by atoms with Gasteiger partial charge in [-0.2, -0.15) is 5.10 Å². The van der Waals surface area contributed by atoms with Gasteiger partial charge in [-0.15, -0.1) is 10.2 Å². The Morgan fingerprint density at radius 1 is 1.06 bits per heavy atom.